The lowest BCUT2D eigenvalue weighted by molar-refractivity contribution is -0.147. The predicted octanol–water partition coefficient (Wildman–Crippen LogP) is 2.71. The van der Waals surface area contributed by atoms with E-state index in [0.29, 0.717) is 6.61 Å². The highest BCUT2D eigenvalue weighted by Crippen LogP contribution is 2.32. The van der Waals surface area contributed by atoms with Crippen LogP contribution in [0.25, 0.3) is 0 Å². The van der Waals surface area contributed by atoms with Gasteiger partial charge in [-0.1, -0.05) is 12.5 Å². The molecule has 0 saturated heterocycles. The highest BCUT2D eigenvalue weighted by atomic mass is 35.5. The Kier molecular flexibility index (Phi) is 6.35. The van der Waals surface area contributed by atoms with Gasteiger partial charge in [0.1, 0.15) is 12.4 Å². The van der Waals surface area contributed by atoms with E-state index >= 15 is 0 Å². The second-order valence-electron chi connectivity index (χ2n) is 4.88. The first-order valence-corrected chi connectivity index (χ1v) is 7.26. The first-order valence-electron chi connectivity index (χ1n) is 6.72. The number of hydrogen-bond donors (Lipinski definition) is 0. The number of esters is 1. The molecule has 19 heavy (non-hydrogen) atoms. The van der Waals surface area contributed by atoms with Crippen molar-refractivity contribution in [3.8, 4) is 0 Å². The molecule has 108 valence electrons. The lowest BCUT2D eigenvalue weighted by Crippen LogP contribution is -2.39. The Labute approximate surface area is 119 Å². The van der Waals surface area contributed by atoms with Gasteiger partial charge in [0.15, 0.2) is 0 Å². The van der Waals surface area contributed by atoms with Gasteiger partial charge in [-0.25, -0.2) is 0 Å². The van der Waals surface area contributed by atoms with Crippen molar-refractivity contribution < 1.29 is 14.3 Å². The highest BCUT2D eigenvalue weighted by molar-refractivity contribution is 6.27. The molecule has 0 bridgehead atoms. The minimum absolute atomic E-state index is 0.0452. The maximum Gasteiger partial charge on any atom is 0.326 e. The molecule has 1 amide bonds. The Morgan fingerprint density at radius 3 is 2.68 bits per heavy atom. The van der Waals surface area contributed by atoms with E-state index in [1.807, 2.05) is 6.92 Å². The second kappa shape index (κ2) is 7.53. The zero-order valence-electron chi connectivity index (χ0n) is 11.9. The molecule has 0 aliphatic heterocycles. The highest BCUT2D eigenvalue weighted by Gasteiger charge is 2.28. The Morgan fingerprint density at radius 2 is 2.16 bits per heavy atom. The molecule has 0 N–H and O–H groups in total. The van der Waals surface area contributed by atoms with E-state index in [2.05, 4.69) is 6.92 Å². The van der Waals surface area contributed by atoms with Crippen molar-refractivity contribution in [2.45, 2.75) is 40.0 Å². The third kappa shape index (κ3) is 4.23. The normalized spacial score (nSPS) is 19.3. The fourth-order valence-corrected chi connectivity index (χ4v) is 2.72. The molecule has 1 aliphatic rings. The van der Waals surface area contributed by atoms with Crippen LogP contribution in [0.2, 0.25) is 0 Å². The zero-order chi connectivity index (χ0) is 14.4. The lowest BCUT2D eigenvalue weighted by atomic mass is 9.88. The second-order valence-corrected chi connectivity index (χ2v) is 5.14. The summed E-state index contributed by atoms with van der Waals surface area (Å²) < 4.78 is 4.93. The number of carbonyl (C=O) groups excluding carboxylic acids is 2. The van der Waals surface area contributed by atoms with Gasteiger partial charge in [-0.15, -0.1) is 11.6 Å². The van der Waals surface area contributed by atoms with Crippen LogP contribution in [0.3, 0.4) is 0 Å². The summed E-state index contributed by atoms with van der Waals surface area (Å²) in [5, 5.41) is 0. The van der Waals surface area contributed by atoms with Crippen molar-refractivity contribution in [2.75, 3.05) is 19.0 Å². The molecule has 0 fully saturated rings. The van der Waals surface area contributed by atoms with E-state index in [4.69, 9.17) is 16.3 Å². The van der Waals surface area contributed by atoms with Crippen LogP contribution >= 0.6 is 11.6 Å². The SMILES string of the molecule is CCOC(=O)CN(C(=O)CCl)C1=C(C)CCCC1C. The summed E-state index contributed by atoms with van der Waals surface area (Å²) in [6.45, 7) is 6.12. The summed E-state index contributed by atoms with van der Waals surface area (Å²) in [6, 6.07) is 0. The summed E-state index contributed by atoms with van der Waals surface area (Å²) >= 11 is 5.66. The molecule has 0 radical (unpaired) electrons. The lowest BCUT2D eigenvalue weighted by Gasteiger charge is -2.33. The summed E-state index contributed by atoms with van der Waals surface area (Å²) in [5.41, 5.74) is 2.12. The molecule has 1 aliphatic carbocycles. The van der Waals surface area contributed by atoms with Crippen molar-refractivity contribution in [3.05, 3.63) is 11.3 Å². The molecular formula is C14H22ClNO3. The number of amides is 1. The summed E-state index contributed by atoms with van der Waals surface area (Å²) in [6.07, 6.45) is 3.12. The van der Waals surface area contributed by atoms with Crippen LogP contribution in [0.5, 0.6) is 0 Å². The van der Waals surface area contributed by atoms with E-state index in [-0.39, 0.29) is 30.2 Å². The topological polar surface area (TPSA) is 46.6 Å². The maximum atomic E-state index is 12.0. The number of rotatable bonds is 5. The van der Waals surface area contributed by atoms with Crippen molar-refractivity contribution in [3.63, 3.8) is 0 Å². The monoisotopic (exact) mass is 287 g/mol. The molecular weight excluding hydrogens is 266 g/mol. The molecule has 1 rings (SSSR count). The molecule has 0 aromatic rings. The average molecular weight is 288 g/mol. The number of hydrogen-bond acceptors (Lipinski definition) is 3. The smallest absolute Gasteiger partial charge is 0.326 e. The largest absolute Gasteiger partial charge is 0.465 e. The van der Waals surface area contributed by atoms with E-state index in [1.54, 1.807) is 6.92 Å². The molecule has 1 atom stereocenters. The molecule has 0 aromatic carbocycles. The van der Waals surface area contributed by atoms with Gasteiger partial charge >= 0.3 is 5.97 Å². The van der Waals surface area contributed by atoms with Crippen LogP contribution < -0.4 is 0 Å². The number of nitrogens with zero attached hydrogens (tertiary/aromatic N) is 1. The van der Waals surface area contributed by atoms with Gasteiger partial charge in [0.25, 0.3) is 0 Å². The van der Waals surface area contributed by atoms with Crippen LogP contribution in [0.1, 0.15) is 40.0 Å². The van der Waals surface area contributed by atoms with E-state index in [1.165, 1.54) is 10.5 Å². The third-order valence-electron chi connectivity index (χ3n) is 3.39. The standard InChI is InChI=1S/C14H22ClNO3/c1-4-19-13(18)9-16(12(17)8-15)14-10(2)6-5-7-11(14)3/h10H,4-9H2,1-3H3. The van der Waals surface area contributed by atoms with Gasteiger partial charge in [0.05, 0.1) is 6.61 Å². The van der Waals surface area contributed by atoms with Gasteiger partial charge in [-0.3, -0.25) is 9.59 Å². The van der Waals surface area contributed by atoms with Crippen LogP contribution in [-0.4, -0.2) is 35.8 Å². The summed E-state index contributed by atoms with van der Waals surface area (Å²) in [4.78, 5) is 25.1. The number of ether oxygens (including phenoxy) is 1. The molecule has 0 heterocycles. The van der Waals surface area contributed by atoms with Crippen molar-refractivity contribution in [1.82, 2.24) is 4.90 Å². The number of allylic oxidation sites excluding steroid dienone is 2. The molecule has 1 unspecified atom stereocenters. The van der Waals surface area contributed by atoms with E-state index in [0.717, 1.165) is 25.0 Å². The minimum atomic E-state index is -0.390. The average Bonchev–Trinajstić information content (AvgIpc) is 2.36. The zero-order valence-corrected chi connectivity index (χ0v) is 12.6. The van der Waals surface area contributed by atoms with Crippen LogP contribution in [0.15, 0.2) is 11.3 Å². The maximum absolute atomic E-state index is 12.0. The Balaban J connectivity index is 2.96. The number of carbonyl (C=O) groups is 2. The fraction of sp³-hybridized carbons (Fsp3) is 0.714. The number of halogens is 1. The van der Waals surface area contributed by atoms with Gasteiger partial charge in [0.2, 0.25) is 5.91 Å². The number of alkyl halides is 1. The molecule has 0 aromatic heterocycles. The van der Waals surface area contributed by atoms with Crippen molar-refractivity contribution >= 4 is 23.5 Å². The van der Waals surface area contributed by atoms with Gasteiger partial charge in [-0.05, 0) is 39.0 Å². The Morgan fingerprint density at radius 1 is 1.47 bits per heavy atom. The summed E-state index contributed by atoms with van der Waals surface area (Å²) in [5.74, 6) is -0.477. The Hall–Kier alpha value is -1.03. The quantitative estimate of drug-likeness (QED) is 0.577. The first kappa shape index (κ1) is 16.0. The van der Waals surface area contributed by atoms with Crippen LogP contribution in [0, 0.1) is 5.92 Å². The van der Waals surface area contributed by atoms with Gasteiger partial charge in [0, 0.05) is 5.70 Å². The van der Waals surface area contributed by atoms with E-state index in [9.17, 15) is 9.59 Å². The fourth-order valence-electron chi connectivity index (χ4n) is 2.57. The third-order valence-corrected chi connectivity index (χ3v) is 3.62. The van der Waals surface area contributed by atoms with Crippen LogP contribution in [0.4, 0.5) is 0 Å². The van der Waals surface area contributed by atoms with E-state index < -0.39 is 0 Å². The summed E-state index contributed by atoms with van der Waals surface area (Å²) in [7, 11) is 0. The Bertz CT molecular complexity index is 379. The van der Waals surface area contributed by atoms with Crippen molar-refractivity contribution in [2.24, 2.45) is 5.92 Å². The predicted molar refractivity (Wildman–Crippen MR) is 74.8 cm³/mol. The van der Waals surface area contributed by atoms with Gasteiger partial charge in [-0.2, -0.15) is 0 Å². The molecule has 4 nitrogen and oxygen atoms in total. The minimum Gasteiger partial charge on any atom is -0.465 e. The molecule has 0 saturated carbocycles. The molecule has 5 heteroatoms. The van der Waals surface area contributed by atoms with Gasteiger partial charge < -0.3 is 9.64 Å². The van der Waals surface area contributed by atoms with Crippen molar-refractivity contribution in [1.29, 1.82) is 0 Å². The van der Waals surface area contributed by atoms with Crippen LogP contribution in [-0.2, 0) is 14.3 Å². The molecule has 0 spiro atoms. The first-order chi connectivity index (χ1) is 9.01.